The molecule has 0 aliphatic carbocycles. The van der Waals surface area contributed by atoms with Crippen LogP contribution in [0.5, 0.6) is 0 Å². The van der Waals surface area contributed by atoms with Crippen LogP contribution in [0.2, 0.25) is 0 Å². The van der Waals surface area contributed by atoms with Crippen LogP contribution in [0.3, 0.4) is 0 Å². The van der Waals surface area contributed by atoms with Gasteiger partial charge in [-0.1, -0.05) is 0 Å². The third-order valence-corrected chi connectivity index (χ3v) is 3.79. The first kappa shape index (κ1) is 13.8. The monoisotopic (exact) mass is 335 g/mol. The number of nitrogens with zero attached hydrogens (tertiary/aromatic N) is 2. The van der Waals surface area contributed by atoms with Gasteiger partial charge in [0.05, 0.1) is 23.9 Å². The Morgan fingerprint density at radius 1 is 1.72 bits per heavy atom. The van der Waals surface area contributed by atoms with Crippen molar-refractivity contribution >= 4 is 33.3 Å². The highest BCUT2D eigenvalue weighted by molar-refractivity contribution is 9.10. The first-order chi connectivity index (χ1) is 8.43. The van der Waals surface area contributed by atoms with E-state index in [2.05, 4.69) is 25.9 Å². The second kappa shape index (κ2) is 5.19. The number of H-pyrrole nitrogens is 1. The number of ether oxygens (including phenoxy) is 1. The molecule has 7 heteroatoms. The second-order valence-electron chi connectivity index (χ2n) is 4.90. The van der Waals surface area contributed by atoms with Crippen molar-refractivity contribution in [2.75, 3.05) is 23.9 Å². The molecule has 2 heterocycles. The maximum absolute atomic E-state index is 11.6. The quantitative estimate of drug-likeness (QED) is 0.836. The van der Waals surface area contributed by atoms with E-state index in [1.807, 2.05) is 18.7 Å². The first-order valence-electron chi connectivity index (χ1n) is 5.65. The Labute approximate surface area is 119 Å². The van der Waals surface area contributed by atoms with E-state index in [9.17, 15) is 4.79 Å². The zero-order chi connectivity index (χ0) is 13.3. The fourth-order valence-corrected chi connectivity index (χ4v) is 2.76. The first-order valence-corrected chi connectivity index (χ1v) is 6.97. The number of nitrogens with one attached hydrogen (secondary N) is 1. The third-order valence-electron chi connectivity index (χ3n) is 2.73. The second-order valence-corrected chi connectivity index (χ2v) is 6.01. The smallest absolute Gasteiger partial charge is 0.267 e. The van der Waals surface area contributed by atoms with Crippen LogP contribution in [0.4, 0.5) is 5.82 Å². The molecule has 1 aromatic rings. The number of hydrogen-bond acceptors (Lipinski definition) is 4. The number of halogens is 2. The van der Waals surface area contributed by atoms with Gasteiger partial charge < -0.3 is 14.6 Å². The van der Waals surface area contributed by atoms with Gasteiger partial charge in [0.2, 0.25) is 0 Å². The van der Waals surface area contributed by atoms with Crippen molar-refractivity contribution in [2.45, 2.75) is 25.6 Å². The van der Waals surface area contributed by atoms with Gasteiger partial charge in [0.15, 0.2) is 5.82 Å². The lowest BCUT2D eigenvalue weighted by Gasteiger charge is -2.42. The molecule has 0 spiro atoms. The van der Waals surface area contributed by atoms with Crippen LogP contribution >= 0.6 is 27.5 Å². The van der Waals surface area contributed by atoms with E-state index in [1.54, 1.807) is 0 Å². The summed E-state index contributed by atoms with van der Waals surface area (Å²) in [6.07, 6.45) is 1.34. The lowest BCUT2D eigenvalue weighted by Crippen LogP contribution is -2.54. The van der Waals surface area contributed by atoms with Crippen molar-refractivity contribution in [1.82, 2.24) is 9.97 Å². The van der Waals surface area contributed by atoms with Gasteiger partial charge >= 0.3 is 0 Å². The van der Waals surface area contributed by atoms with Crippen LogP contribution in [0.1, 0.15) is 13.8 Å². The van der Waals surface area contributed by atoms with Crippen LogP contribution < -0.4 is 10.5 Å². The summed E-state index contributed by atoms with van der Waals surface area (Å²) in [7, 11) is 0. The maximum atomic E-state index is 11.6. The average Bonchev–Trinajstić information content (AvgIpc) is 2.30. The highest BCUT2D eigenvalue weighted by Gasteiger charge is 2.34. The van der Waals surface area contributed by atoms with E-state index >= 15 is 0 Å². The molecule has 5 nitrogen and oxygen atoms in total. The van der Waals surface area contributed by atoms with E-state index in [0.717, 1.165) is 0 Å². The summed E-state index contributed by atoms with van der Waals surface area (Å²) in [5, 5.41) is 0. The molecule has 1 aliphatic rings. The molecule has 100 valence electrons. The minimum Gasteiger partial charge on any atom is -0.367 e. The molecule has 2 rings (SSSR count). The van der Waals surface area contributed by atoms with Gasteiger partial charge in [-0.05, 0) is 29.8 Å². The molecule has 0 bridgehead atoms. The number of rotatable bonds is 2. The van der Waals surface area contributed by atoms with E-state index in [-0.39, 0.29) is 17.3 Å². The molecule has 1 aliphatic heterocycles. The predicted molar refractivity (Wildman–Crippen MR) is 74.4 cm³/mol. The number of anilines is 1. The lowest BCUT2D eigenvalue weighted by atomic mass is 10.1. The number of hydrogen-bond donors (Lipinski definition) is 1. The molecule has 0 amide bonds. The maximum Gasteiger partial charge on any atom is 0.267 e. The van der Waals surface area contributed by atoms with Crippen LogP contribution in [0.15, 0.2) is 15.6 Å². The lowest BCUT2D eigenvalue weighted by molar-refractivity contribution is -0.0736. The fraction of sp³-hybridized carbons (Fsp3) is 0.636. The van der Waals surface area contributed by atoms with Gasteiger partial charge in [0.25, 0.3) is 5.56 Å². The molecular formula is C11H15BrClN3O2. The summed E-state index contributed by atoms with van der Waals surface area (Å²) in [4.78, 5) is 20.3. The SMILES string of the molecule is CC1(C)CN(c2nc[nH]c(=O)c2Br)CC(CCl)O1. The van der Waals surface area contributed by atoms with Crippen molar-refractivity contribution in [3.05, 3.63) is 21.2 Å². The topological polar surface area (TPSA) is 58.2 Å². The van der Waals surface area contributed by atoms with Crippen molar-refractivity contribution in [3.8, 4) is 0 Å². The summed E-state index contributed by atoms with van der Waals surface area (Å²) in [5.41, 5.74) is -0.506. The minimum atomic E-state index is -0.318. The average molecular weight is 337 g/mol. The molecule has 0 radical (unpaired) electrons. The van der Waals surface area contributed by atoms with Crippen LogP contribution in [0, 0.1) is 0 Å². The molecule has 1 atom stereocenters. The summed E-state index contributed by atoms with van der Waals surface area (Å²) in [6, 6.07) is 0. The van der Waals surface area contributed by atoms with Crippen molar-refractivity contribution in [2.24, 2.45) is 0 Å². The Kier molecular flexibility index (Phi) is 3.99. The van der Waals surface area contributed by atoms with E-state index < -0.39 is 0 Å². The Morgan fingerprint density at radius 3 is 3.11 bits per heavy atom. The minimum absolute atomic E-state index is 0.0663. The molecule has 1 aromatic heterocycles. The number of alkyl halides is 1. The van der Waals surface area contributed by atoms with E-state index in [0.29, 0.717) is 29.3 Å². The van der Waals surface area contributed by atoms with Gasteiger partial charge in [-0.15, -0.1) is 11.6 Å². The number of aromatic amines is 1. The van der Waals surface area contributed by atoms with Crippen LogP contribution in [0.25, 0.3) is 0 Å². The Hall–Kier alpha value is -0.590. The molecule has 18 heavy (non-hydrogen) atoms. The summed E-state index contributed by atoms with van der Waals surface area (Å²) in [5.74, 6) is 1.05. The van der Waals surface area contributed by atoms with E-state index in [1.165, 1.54) is 6.33 Å². The normalized spacial score (nSPS) is 23.1. The fourth-order valence-electron chi connectivity index (χ4n) is 2.13. The molecule has 1 fully saturated rings. The summed E-state index contributed by atoms with van der Waals surface area (Å²) < 4.78 is 6.28. The highest BCUT2D eigenvalue weighted by atomic mass is 79.9. The highest BCUT2D eigenvalue weighted by Crippen LogP contribution is 2.28. The van der Waals surface area contributed by atoms with Gasteiger partial charge in [0, 0.05) is 13.1 Å². The Morgan fingerprint density at radius 2 is 2.44 bits per heavy atom. The van der Waals surface area contributed by atoms with Crippen molar-refractivity contribution in [1.29, 1.82) is 0 Å². The van der Waals surface area contributed by atoms with Gasteiger partial charge in [-0.25, -0.2) is 4.98 Å². The third kappa shape index (κ3) is 2.87. The Bertz CT molecular complexity index is 491. The number of aromatic nitrogens is 2. The van der Waals surface area contributed by atoms with Crippen LogP contribution in [-0.4, -0.2) is 40.6 Å². The zero-order valence-electron chi connectivity index (χ0n) is 10.2. The molecular weight excluding hydrogens is 321 g/mol. The van der Waals surface area contributed by atoms with Crippen molar-refractivity contribution in [3.63, 3.8) is 0 Å². The molecule has 0 aromatic carbocycles. The molecule has 1 N–H and O–H groups in total. The molecule has 1 saturated heterocycles. The van der Waals surface area contributed by atoms with Crippen molar-refractivity contribution < 1.29 is 4.74 Å². The number of morpholine rings is 1. The largest absolute Gasteiger partial charge is 0.367 e. The van der Waals surface area contributed by atoms with E-state index in [4.69, 9.17) is 16.3 Å². The van der Waals surface area contributed by atoms with Crippen LogP contribution in [-0.2, 0) is 4.74 Å². The summed E-state index contributed by atoms with van der Waals surface area (Å²) >= 11 is 9.15. The predicted octanol–water partition coefficient (Wildman–Crippen LogP) is 1.75. The van der Waals surface area contributed by atoms with Gasteiger partial charge in [-0.3, -0.25) is 4.79 Å². The molecule has 0 saturated carbocycles. The summed E-state index contributed by atoms with van der Waals surface area (Å²) in [6.45, 7) is 5.29. The Balaban J connectivity index is 2.32. The molecule has 1 unspecified atom stereocenters. The zero-order valence-corrected chi connectivity index (χ0v) is 12.6. The van der Waals surface area contributed by atoms with Gasteiger partial charge in [-0.2, -0.15) is 0 Å². The van der Waals surface area contributed by atoms with Gasteiger partial charge in [0.1, 0.15) is 4.47 Å². The standard InChI is InChI=1S/C11H15BrClN3O2/c1-11(2)5-16(4-7(3-13)18-11)9-8(12)10(17)15-6-14-9/h6-7H,3-5H2,1-2H3,(H,14,15,17).